The first-order chi connectivity index (χ1) is 5.74. The van der Waals surface area contributed by atoms with E-state index in [1.54, 1.807) is 6.92 Å². The van der Waals surface area contributed by atoms with E-state index in [1.807, 2.05) is 0 Å². The second-order valence-corrected chi connectivity index (χ2v) is 2.91. The average Bonchev–Trinajstić information content (AvgIpc) is 2.55. The van der Waals surface area contributed by atoms with Crippen LogP contribution in [0, 0.1) is 5.92 Å². The molecule has 1 fully saturated rings. The molecule has 0 N–H and O–H groups in total. The maximum atomic E-state index is 12.2. The van der Waals surface area contributed by atoms with Crippen molar-refractivity contribution in [2.75, 3.05) is 6.67 Å². The van der Waals surface area contributed by atoms with Crippen molar-refractivity contribution in [1.82, 2.24) is 0 Å². The van der Waals surface area contributed by atoms with Crippen molar-refractivity contribution in [1.29, 1.82) is 0 Å². The summed E-state index contributed by atoms with van der Waals surface area (Å²) in [5.41, 5.74) is 0.148. The summed E-state index contributed by atoms with van der Waals surface area (Å²) >= 11 is 0. The van der Waals surface area contributed by atoms with Crippen molar-refractivity contribution < 1.29 is 18.8 Å². The van der Waals surface area contributed by atoms with E-state index in [2.05, 4.69) is 5.16 Å². The molecule has 0 saturated carbocycles. The van der Waals surface area contributed by atoms with Gasteiger partial charge in [-0.3, -0.25) is 4.79 Å². The number of hydrogen-bond donors (Lipinski definition) is 0. The number of rotatable bonds is 1. The first-order valence-electron chi connectivity index (χ1n) is 3.73. The van der Waals surface area contributed by atoms with E-state index < -0.39 is 24.7 Å². The number of cyclic esters (lactones) is 1. The minimum absolute atomic E-state index is 0.148. The molecule has 2 aliphatic rings. The average molecular weight is 173 g/mol. The number of carbonyl (C=O) groups excluding carboxylic acids is 1. The van der Waals surface area contributed by atoms with Crippen LogP contribution in [0.3, 0.4) is 0 Å². The van der Waals surface area contributed by atoms with Gasteiger partial charge in [-0.05, 0) is 6.92 Å². The lowest BCUT2D eigenvalue weighted by Gasteiger charge is -2.07. The number of alkyl halides is 1. The van der Waals surface area contributed by atoms with E-state index in [4.69, 9.17) is 9.57 Å². The van der Waals surface area contributed by atoms with Gasteiger partial charge in [0.2, 0.25) is 0 Å². The minimum Gasteiger partial charge on any atom is -0.458 e. The zero-order chi connectivity index (χ0) is 8.72. The van der Waals surface area contributed by atoms with Crippen LogP contribution < -0.4 is 0 Å². The maximum Gasteiger partial charge on any atom is 0.319 e. The van der Waals surface area contributed by atoms with Gasteiger partial charge in [-0.1, -0.05) is 5.16 Å². The standard InChI is InChI=1S/C7H8FNO3/c1-3-6-5(7(10)11-3)4(2-8)9-12-6/h3,5-6H,2H2,1H3/t3?,5-,6?/m1/s1. The summed E-state index contributed by atoms with van der Waals surface area (Å²) in [6.45, 7) is 0.961. The highest BCUT2D eigenvalue weighted by molar-refractivity contribution is 6.05. The lowest BCUT2D eigenvalue weighted by molar-refractivity contribution is -0.142. The Morgan fingerprint density at radius 3 is 3.08 bits per heavy atom. The van der Waals surface area contributed by atoms with Gasteiger partial charge in [-0.25, -0.2) is 4.39 Å². The third-order valence-corrected chi connectivity index (χ3v) is 2.13. The highest BCUT2D eigenvalue weighted by atomic mass is 19.1. The summed E-state index contributed by atoms with van der Waals surface area (Å²) < 4.78 is 17.1. The lowest BCUT2D eigenvalue weighted by Crippen LogP contribution is -2.27. The van der Waals surface area contributed by atoms with E-state index in [9.17, 15) is 9.18 Å². The quantitative estimate of drug-likeness (QED) is 0.535. The highest BCUT2D eigenvalue weighted by Gasteiger charge is 2.51. The molecule has 1 saturated heterocycles. The predicted molar refractivity (Wildman–Crippen MR) is 37.3 cm³/mol. The van der Waals surface area contributed by atoms with Crippen LogP contribution in [0.15, 0.2) is 5.16 Å². The Hall–Kier alpha value is -1.13. The SMILES string of the molecule is CC1OC(=O)[C@@H]2C(CF)=NOC12. The number of ether oxygens (including phenoxy) is 1. The summed E-state index contributed by atoms with van der Waals surface area (Å²) in [4.78, 5) is 16.0. The summed E-state index contributed by atoms with van der Waals surface area (Å²) in [6.07, 6.45) is -0.737. The Kier molecular flexibility index (Phi) is 1.52. The van der Waals surface area contributed by atoms with Crippen LogP contribution in [0.4, 0.5) is 4.39 Å². The van der Waals surface area contributed by atoms with Gasteiger partial charge >= 0.3 is 5.97 Å². The molecule has 0 amide bonds. The Morgan fingerprint density at radius 2 is 2.42 bits per heavy atom. The molecule has 0 bridgehead atoms. The van der Waals surface area contributed by atoms with Crippen LogP contribution in [0.1, 0.15) is 6.92 Å². The largest absolute Gasteiger partial charge is 0.458 e. The number of fused-ring (bicyclic) bond motifs is 1. The minimum atomic E-state index is -0.747. The van der Waals surface area contributed by atoms with Gasteiger partial charge in [0.1, 0.15) is 24.4 Å². The summed E-state index contributed by atoms with van der Waals surface area (Å²) in [5, 5.41) is 3.48. The molecule has 2 aliphatic heterocycles. The lowest BCUT2D eigenvalue weighted by atomic mass is 9.98. The van der Waals surface area contributed by atoms with Crippen LogP contribution in [-0.4, -0.2) is 30.6 Å². The van der Waals surface area contributed by atoms with Crippen LogP contribution in [0.2, 0.25) is 0 Å². The Balaban J connectivity index is 2.23. The fourth-order valence-corrected chi connectivity index (χ4v) is 1.49. The molecule has 0 spiro atoms. The molecule has 0 aromatic rings. The fraction of sp³-hybridized carbons (Fsp3) is 0.714. The molecule has 0 aliphatic carbocycles. The zero-order valence-corrected chi connectivity index (χ0v) is 6.49. The molecular formula is C7H8FNO3. The van der Waals surface area contributed by atoms with E-state index in [-0.39, 0.29) is 11.8 Å². The van der Waals surface area contributed by atoms with Crippen molar-refractivity contribution in [2.45, 2.75) is 19.1 Å². The Labute approximate surface area is 68.3 Å². The van der Waals surface area contributed by atoms with Gasteiger partial charge < -0.3 is 9.57 Å². The van der Waals surface area contributed by atoms with Gasteiger partial charge in [-0.15, -0.1) is 0 Å². The second kappa shape index (κ2) is 2.43. The van der Waals surface area contributed by atoms with Crippen molar-refractivity contribution in [3.63, 3.8) is 0 Å². The van der Waals surface area contributed by atoms with E-state index in [0.29, 0.717) is 0 Å². The smallest absolute Gasteiger partial charge is 0.319 e. The summed E-state index contributed by atoms with van der Waals surface area (Å²) in [5.74, 6) is -1.04. The molecule has 5 heteroatoms. The second-order valence-electron chi connectivity index (χ2n) is 2.91. The molecule has 2 rings (SSSR count). The topological polar surface area (TPSA) is 47.9 Å². The molecule has 0 aromatic carbocycles. The first kappa shape index (κ1) is 7.52. The maximum absolute atomic E-state index is 12.2. The van der Waals surface area contributed by atoms with E-state index in [0.717, 1.165) is 0 Å². The number of carbonyl (C=O) groups is 1. The zero-order valence-electron chi connectivity index (χ0n) is 6.49. The number of halogens is 1. The summed E-state index contributed by atoms with van der Waals surface area (Å²) in [7, 11) is 0. The van der Waals surface area contributed by atoms with E-state index in [1.165, 1.54) is 0 Å². The molecule has 66 valence electrons. The molecule has 4 nitrogen and oxygen atoms in total. The summed E-state index contributed by atoms with van der Waals surface area (Å²) in [6, 6.07) is 0. The van der Waals surface area contributed by atoms with Crippen molar-refractivity contribution >= 4 is 11.7 Å². The molecular weight excluding hydrogens is 165 g/mol. The van der Waals surface area contributed by atoms with Crippen molar-refractivity contribution in [2.24, 2.45) is 11.1 Å². The van der Waals surface area contributed by atoms with Crippen molar-refractivity contribution in [3.05, 3.63) is 0 Å². The molecule has 0 aromatic heterocycles. The van der Waals surface area contributed by atoms with Crippen LogP contribution >= 0.6 is 0 Å². The molecule has 2 unspecified atom stereocenters. The Bertz CT molecular complexity index is 253. The first-order valence-corrected chi connectivity index (χ1v) is 3.73. The third-order valence-electron chi connectivity index (χ3n) is 2.13. The van der Waals surface area contributed by atoms with Gasteiger partial charge in [0.25, 0.3) is 0 Å². The number of nitrogens with zero attached hydrogens (tertiary/aromatic N) is 1. The number of oxime groups is 1. The number of esters is 1. The van der Waals surface area contributed by atoms with Crippen molar-refractivity contribution in [3.8, 4) is 0 Å². The fourth-order valence-electron chi connectivity index (χ4n) is 1.49. The normalized spacial score (nSPS) is 38.7. The van der Waals surface area contributed by atoms with Crippen LogP contribution in [0.25, 0.3) is 0 Å². The van der Waals surface area contributed by atoms with Gasteiger partial charge in [-0.2, -0.15) is 0 Å². The highest BCUT2D eigenvalue weighted by Crippen LogP contribution is 2.30. The molecule has 2 heterocycles. The predicted octanol–water partition coefficient (Wildman–Crippen LogP) is 0.272. The van der Waals surface area contributed by atoms with Gasteiger partial charge in [0.15, 0.2) is 6.10 Å². The molecule has 3 atom stereocenters. The molecule has 12 heavy (non-hydrogen) atoms. The Morgan fingerprint density at radius 1 is 1.67 bits per heavy atom. The van der Waals surface area contributed by atoms with Gasteiger partial charge in [0.05, 0.1) is 0 Å². The number of hydrogen-bond acceptors (Lipinski definition) is 4. The third kappa shape index (κ3) is 0.821. The molecule has 0 radical (unpaired) electrons. The monoisotopic (exact) mass is 173 g/mol. The van der Waals surface area contributed by atoms with Crippen LogP contribution in [0.5, 0.6) is 0 Å². The van der Waals surface area contributed by atoms with E-state index >= 15 is 0 Å². The van der Waals surface area contributed by atoms with Gasteiger partial charge in [0, 0.05) is 0 Å². The van der Waals surface area contributed by atoms with Crippen LogP contribution in [-0.2, 0) is 14.4 Å².